The molecular weight excluding hydrogens is 135 g/mol. The Bertz CT molecular complexity index is 68.0. The number of unbranched alkanes of at least 4 members (excludes halogenated alkanes) is 2. The summed E-state index contributed by atoms with van der Waals surface area (Å²) in [6.45, 7) is 4.46. The van der Waals surface area contributed by atoms with E-state index >= 15 is 0 Å². The first kappa shape index (κ1) is 11.0. The van der Waals surface area contributed by atoms with Crippen molar-refractivity contribution in [1.29, 1.82) is 0 Å². The van der Waals surface area contributed by atoms with E-state index in [1.807, 2.05) is 8.05 Å². The van der Waals surface area contributed by atoms with Gasteiger partial charge in [-0.15, -0.1) is 0 Å². The van der Waals surface area contributed by atoms with E-state index in [0.29, 0.717) is 6.10 Å². The molecule has 0 heterocycles. The summed E-state index contributed by atoms with van der Waals surface area (Å²) in [5, 5.41) is 0. The molecule has 0 rings (SSSR count). The molecule has 0 saturated heterocycles. The second-order valence-corrected chi connectivity index (χ2v) is 3.14. The standard InChI is InChI=1S/C9H21BO/c1-3-5-7-9(11-10)8-6-4-2/h9H,3-8,10H2,1-2H3. The fourth-order valence-corrected chi connectivity index (χ4v) is 1.24. The Kier molecular flexibility index (Phi) is 8.14. The van der Waals surface area contributed by atoms with Crippen LogP contribution in [0.1, 0.15) is 52.4 Å². The van der Waals surface area contributed by atoms with Gasteiger partial charge in [0.25, 0.3) is 8.05 Å². The maximum Gasteiger partial charge on any atom is 0.257 e. The van der Waals surface area contributed by atoms with Crippen molar-refractivity contribution in [3.05, 3.63) is 0 Å². The summed E-state index contributed by atoms with van der Waals surface area (Å²) in [7, 11) is 1.83. The second-order valence-electron chi connectivity index (χ2n) is 3.14. The quantitative estimate of drug-likeness (QED) is 0.514. The Labute approximate surface area is 72.0 Å². The van der Waals surface area contributed by atoms with Crippen LogP contribution in [0.15, 0.2) is 0 Å². The maximum atomic E-state index is 5.35. The molecule has 0 saturated carbocycles. The number of hydrogen-bond donors (Lipinski definition) is 0. The molecule has 1 nitrogen and oxygen atoms in total. The molecule has 0 spiro atoms. The maximum absolute atomic E-state index is 5.35. The summed E-state index contributed by atoms with van der Waals surface area (Å²) in [5.74, 6) is 0. The summed E-state index contributed by atoms with van der Waals surface area (Å²) >= 11 is 0. The van der Waals surface area contributed by atoms with Gasteiger partial charge in [0.15, 0.2) is 0 Å². The molecule has 0 fully saturated rings. The lowest BCUT2D eigenvalue weighted by molar-refractivity contribution is 0.191. The lowest BCUT2D eigenvalue weighted by Crippen LogP contribution is -2.10. The third-order valence-electron chi connectivity index (χ3n) is 2.09. The van der Waals surface area contributed by atoms with Crippen LogP contribution in [0.5, 0.6) is 0 Å². The van der Waals surface area contributed by atoms with E-state index in [-0.39, 0.29) is 0 Å². The van der Waals surface area contributed by atoms with Gasteiger partial charge >= 0.3 is 0 Å². The van der Waals surface area contributed by atoms with E-state index in [9.17, 15) is 0 Å². The largest absolute Gasteiger partial charge is 0.441 e. The van der Waals surface area contributed by atoms with Crippen LogP contribution < -0.4 is 0 Å². The normalized spacial score (nSPS) is 10.8. The van der Waals surface area contributed by atoms with Crippen molar-refractivity contribution in [1.82, 2.24) is 0 Å². The van der Waals surface area contributed by atoms with Gasteiger partial charge in [0.2, 0.25) is 0 Å². The number of hydrogen-bond acceptors (Lipinski definition) is 1. The van der Waals surface area contributed by atoms with Crippen LogP contribution in [-0.2, 0) is 4.65 Å². The van der Waals surface area contributed by atoms with E-state index < -0.39 is 0 Å². The molecule has 0 aromatic carbocycles. The van der Waals surface area contributed by atoms with Crippen molar-refractivity contribution in [2.75, 3.05) is 0 Å². The molecular formula is C9H21BO. The minimum absolute atomic E-state index is 0.523. The highest BCUT2D eigenvalue weighted by atomic mass is 16.4. The van der Waals surface area contributed by atoms with Crippen molar-refractivity contribution >= 4 is 8.05 Å². The van der Waals surface area contributed by atoms with Gasteiger partial charge in [0, 0.05) is 6.10 Å². The number of rotatable bonds is 7. The van der Waals surface area contributed by atoms with Crippen LogP contribution in [0.4, 0.5) is 0 Å². The molecule has 2 heteroatoms. The van der Waals surface area contributed by atoms with Crippen LogP contribution in [0.2, 0.25) is 0 Å². The van der Waals surface area contributed by atoms with Crippen molar-refractivity contribution in [2.24, 2.45) is 0 Å². The highest BCUT2D eigenvalue weighted by Gasteiger charge is 2.03. The zero-order valence-corrected chi connectivity index (χ0v) is 8.23. The highest BCUT2D eigenvalue weighted by molar-refractivity contribution is 5.98. The first-order valence-corrected chi connectivity index (χ1v) is 4.87. The molecule has 0 radical (unpaired) electrons. The van der Waals surface area contributed by atoms with Crippen molar-refractivity contribution in [3.63, 3.8) is 0 Å². The Morgan fingerprint density at radius 1 is 1.09 bits per heavy atom. The van der Waals surface area contributed by atoms with Gasteiger partial charge in [-0.2, -0.15) is 0 Å². The van der Waals surface area contributed by atoms with Gasteiger partial charge in [-0.25, -0.2) is 0 Å². The van der Waals surface area contributed by atoms with Crippen LogP contribution in [0, 0.1) is 0 Å². The van der Waals surface area contributed by atoms with Crippen molar-refractivity contribution in [3.8, 4) is 0 Å². The molecule has 0 aliphatic carbocycles. The van der Waals surface area contributed by atoms with Crippen LogP contribution in [0.25, 0.3) is 0 Å². The molecule has 0 bridgehead atoms. The predicted octanol–water partition coefficient (Wildman–Crippen LogP) is 2.30. The monoisotopic (exact) mass is 156 g/mol. The smallest absolute Gasteiger partial charge is 0.257 e. The summed E-state index contributed by atoms with van der Waals surface area (Å²) in [6, 6.07) is 0. The van der Waals surface area contributed by atoms with Crippen LogP contribution in [-0.4, -0.2) is 14.2 Å². The molecule has 0 amide bonds. The topological polar surface area (TPSA) is 9.23 Å². The molecule has 11 heavy (non-hydrogen) atoms. The molecule has 0 aliphatic rings. The van der Waals surface area contributed by atoms with E-state index in [2.05, 4.69) is 13.8 Å². The van der Waals surface area contributed by atoms with Gasteiger partial charge in [0.1, 0.15) is 0 Å². The van der Waals surface area contributed by atoms with E-state index in [0.717, 1.165) is 0 Å². The zero-order chi connectivity index (χ0) is 8.53. The third kappa shape index (κ3) is 6.42. The van der Waals surface area contributed by atoms with E-state index in [1.54, 1.807) is 0 Å². The van der Waals surface area contributed by atoms with Gasteiger partial charge < -0.3 is 4.65 Å². The lowest BCUT2D eigenvalue weighted by atomic mass is 10.1. The summed E-state index contributed by atoms with van der Waals surface area (Å²) < 4.78 is 5.35. The summed E-state index contributed by atoms with van der Waals surface area (Å²) in [5.41, 5.74) is 0. The van der Waals surface area contributed by atoms with Crippen LogP contribution in [0.3, 0.4) is 0 Å². The molecule has 0 aromatic heterocycles. The van der Waals surface area contributed by atoms with Gasteiger partial charge in [0.05, 0.1) is 0 Å². The summed E-state index contributed by atoms with van der Waals surface area (Å²) in [4.78, 5) is 0. The molecule has 0 aliphatic heterocycles. The molecule has 0 N–H and O–H groups in total. The SMILES string of the molecule is BOC(CCCC)CCCC. The Hall–Kier alpha value is 0.0249. The van der Waals surface area contributed by atoms with Crippen LogP contribution >= 0.6 is 0 Å². The zero-order valence-electron chi connectivity index (χ0n) is 8.23. The fourth-order valence-electron chi connectivity index (χ4n) is 1.24. The Balaban J connectivity index is 3.25. The minimum Gasteiger partial charge on any atom is -0.441 e. The van der Waals surface area contributed by atoms with Crippen molar-refractivity contribution < 1.29 is 4.65 Å². The second kappa shape index (κ2) is 8.12. The highest BCUT2D eigenvalue weighted by Crippen LogP contribution is 2.10. The fraction of sp³-hybridized carbons (Fsp3) is 1.00. The molecule has 0 aromatic rings. The molecule has 0 unspecified atom stereocenters. The first-order valence-electron chi connectivity index (χ1n) is 4.87. The third-order valence-corrected chi connectivity index (χ3v) is 2.09. The van der Waals surface area contributed by atoms with Gasteiger partial charge in [-0.3, -0.25) is 0 Å². The first-order chi connectivity index (χ1) is 5.35. The van der Waals surface area contributed by atoms with Gasteiger partial charge in [-0.1, -0.05) is 39.5 Å². The lowest BCUT2D eigenvalue weighted by Gasteiger charge is -2.14. The Morgan fingerprint density at radius 3 is 1.82 bits per heavy atom. The molecule has 66 valence electrons. The van der Waals surface area contributed by atoms with E-state index in [4.69, 9.17) is 4.65 Å². The predicted molar refractivity (Wildman–Crippen MR) is 52.5 cm³/mol. The van der Waals surface area contributed by atoms with Gasteiger partial charge in [-0.05, 0) is 12.8 Å². The minimum atomic E-state index is 0.523. The Morgan fingerprint density at radius 2 is 1.55 bits per heavy atom. The molecule has 0 atom stereocenters. The van der Waals surface area contributed by atoms with E-state index in [1.165, 1.54) is 38.5 Å². The van der Waals surface area contributed by atoms with Crippen molar-refractivity contribution in [2.45, 2.75) is 58.5 Å². The average Bonchev–Trinajstić information content (AvgIpc) is 2.05. The average molecular weight is 156 g/mol. The summed E-state index contributed by atoms with van der Waals surface area (Å²) in [6.07, 6.45) is 8.19.